The molecule has 1 N–H and O–H groups in total. The molecule has 0 bridgehead atoms. The van der Waals surface area contributed by atoms with Gasteiger partial charge >= 0.3 is 0 Å². The molecular weight excluding hydrogens is 400 g/mol. The number of hydrogen-bond donors (Lipinski definition) is 1. The SMILES string of the molecule is COc1ccc(C)cc1-c1csc(NC(=O)c2c(C)oc(-n3cccc3)c2C#N)n1. The number of nitrogens with one attached hydrogen (secondary N) is 1. The lowest BCUT2D eigenvalue weighted by atomic mass is 10.1. The van der Waals surface area contributed by atoms with Crippen LogP contribution in [0.2, 0.25) is 0 Å². The van der Waals surface area contributed by atoms with Crippen LogP contribution >= 0.6 is 11.3 Å². The highest BCUT2D eigenvalue weighted by Crippen LogP contribution is 2.33. The first-order valence-corrected chi connectivity index (χ1v) is 9.98. The molecule has 0 aliphatic rings. The maximum Gasteiger partial charge on any atom is 0.262 e. The van der Waals surface area contributed by atoms with Crippen LogP contribution in [0, 0.1) is 25.2 Å². The number of nitriles is 1. The molecule has 0 fully saturated rings. The van der Waals surface area contributed by atoms with E-state index in [-0.39, 0.29) is 11.1 Å². The van der Waals surface area contributed by atoms with Gasteiger partial charge in [-0.2, -0.15) is 5.26 Å². The van der Waals surface area contributed by atoms with Crippen molar-refractivity contribution in [1.82, 2.24) is 9.55 Å². The fourth-order valence-corrected chi connectivity index (χ4v) is 3.90. The van der Waals surface area contributed by atoms with E-state index in [4.69, 9.17) is 9.15 Å². The van der Waals surface area contributed by atoms with Gasteiger partial charge in [-0.05, 0) is 38.1 Å². The van der Waals surface area contributed by atoms with E-state index in [0.717, 1.165) is 11.1 Å². The third-order valence-electron chi connectivity index (χ3n) is 4.60. The minimum atomic E-state index is -0.441. The van der Waals surface area contributed by atoms with Crippen LogP contribution in [-0.2, 0) is 0 Å². The summed E-state index contributed by atoms with van der Waals surface area (Å²) in [5, 5.41) is 14.7. The molecule has 30 heavy (non-hydrogen) atoms. The van der Waals surface area contributed by atoms with Crippen molar-refractivity contribution in [3.05, 3.63) is 70.6 Å². The largest absolute Gasteiger partial charge is 0.496 e. The third-order valence-corrected chi connectivity index (χ3v) is 5.36. The number of carbonyl (C=O) groups is 1. The molecule has 8 heteroatoms. The molecule has 3 heterocycles. The summed E-state index contributed by atoms with van der Waals surface area (Å²) in [4.78, 5) is 17.5. The Morgan fingerprint density at radius 3 is 2.77 bits per heavy atom. The van der Waals surface area contributed by atoms with Crippen molar-refractivity contribution in [2.24, 2.45) is 0 Å². The molecule has 0 unspecified atom stereocenters. The van der Waals surface area contributed by atoms with Crippen LogP contribution in [0.15, 0.2) is 52.5 Å². The number of thiazole rings is 1. The lowest BCUT2D eigenvalue weighted by Crippen LogP contribution is -2.13. The number of amides is 1. The highest BCUT2D eigenvalue weighted by Gasteiger charge is 2.25. The maximum absolute atomic E-state index is 12.9. The zero-order chi connectivity index (χ0) is 21.3. The fourth-order valence-electron chi connectivity index (χ4n) is 3.20. The van der Waals surface area contributed by atoms with E-state index in [9.17, 15) is 10.1 Å². The summed E-state index contributed by atoms with van der Waals surface area (Å²) in [6, 6.07) is 11.5. The molecule has 150 valence electrons. The van der Waals surface area contributed by atoms with E-state index >= 15 is 0 Å². The minimum absolute atomic E-state index is 0.179. The van der Waals surface area contributed by atoms with Gasteiger partial charge in [-0.15, -0.1) is 11.3 Å². The molecule has 1 aromatic carbocycles. The number of rotatable bonds is 5. The van der Waals surface area contributed by atoms with Crippen LogP contribution in [-0.4, -0.2) is 22.6 Å². The van der Waals surface area contributed by atoms with E-state index in [2.05, 4.69) is 16.4 Å². The summed E-state index contributed by atoms with van der Waals surface area (Å²) in [5.41, 5.74) is 3.01. The number of ether oxygens (including phenoxy) is 1. The van der Waals surface area contributed by atoms with Crippen LogP contribution in [0.4, 0.5) is 5.13 Å². The Morgan fingerprint density at radius 2 is 2.07 bits per heavy atom. The first kappa shape index (κ1) is 19.5. The number of aryl methyl sites for hydroxylation is 2. The average molecular weight is 418 g/mol. The molecule has 1 amide bonds. The van der Waals surface area contributed by atoms with Crippen molar-refractivity contribution < 1.29 is 13.9 Å². The Bertz CT molecular complexity index is 1260. The molecule has 4 aromatic rings. The summed E-state index contributed by atoms with van der Waals surface area (Å²) < 4.78 is 12.8. The summed E-state index contributed by atoms with van der Waals surface area (Å²) >= 11 is 1.30. The highest BCUT2D eigenvalue weighted by molar-refractivity contribution is 7.14. The van der Waals surface area contributed by atoms with Crippen LogP contribution in [0.25, 0.3) is 17.1 Å². The first-order chi connectivity index (χ1) is 14.5. The molecule has 0 saturated heterocycles. The molecular formula is C22H18N4O3S. The normalized spacial score (nSPS) is 10.6. The highest BCUT2D eigenvalue weighted by atomic mass is 32.1. The number of carbonyl (C=O) groups excluding carboxylic acids is 1. The smallest absolute Gasteiger partial charge is 0.262 e. The van der Waals surface area contributed by atoms with E-state index in [0.29, 0.717) is 28.2 Å². The maximum atomic E-state index is 12.9. The van der Waals surface area contributed by atoms with Crippen molar-refractivity contribution in [2.45, 2.75) is 13.8 Å². The Hall–Kier alpha value is -3.83. The number of nitrogens with zero attached hydrogens (tertiary/aromatic N) is 3. The predicted octanol–water partition coefficient (Wildman–Crippen LogP) is 4.94. The molecule has 7 nitrogen and oxygen atoms in total. The summed E-state index contributed by atoms with van der Waals surface area (Å²) in [6.07, 6.45) is 3.51. The quantitative estimate of drug-likeness (QED) is 0.495. The van der Waals surface area contributed by atoms with Gasteiger partial charge in [0.25, 0.3) is 5.91 Å². The fraction of sp³-hybridized carbons (Fsp3) is 0.136. The van der Waals surface area contributed by atoms with Gasteiger partial charge in [0.1, 0.15) is 28.7 Å². The second-order valence-corrected chi connectivity index (χ2v) is 7.47. The monoisotopic (exact) mass is 418 g/mol. The molecule has 0 atom stereocenters. The van der Waals surface area contributed by atoms with Gasteiger partial charge in [0.2, 0.25) is 5.88 Å². The van der Waals surface area contributed by atoms with E-state index in [1.54, 1.807) is 31.0 Å². The Balaban J connectivity index is 1.64. The van der Waals surface area contributed by atoms with Crippen molar-refractivity contribution in [2.75, 3.05) is 12.4 Å². The van der Waals surface area contributed by atoms with Crippen molar-refractivity contribution in [3.63, 3.8) is 0 Å². The number of anilines is 1. The van der Waals surface area contributed by atoms with Crippen LogP contribution in [0.5, 0.6) is 5.75 Å². The van der Waals surface area contributed by atoms with E-state index < -0.39 is 5.91 Å². The summed E-state index contributed by atoms with van der Waals surface area (Å²) in [5.74, 6) is 0.945. The number of benzene rings is 1. The van der Waals surface area contributed by atoms with Gasteiger partial charge in [-0.25, -0.2) is 4.98 Å². The molecule has 0 spiro atoms. The van der Waals surface area contributed by atoms with Gasteiger partial charge in [0.15, 0.2) is 5.13 Å². The van der Waals surface area contributed by atoms with Crippen molar-refractivity contribution in [3.8, 4) is 29.0 Å². The van der Waals surface area contributed by atoms with Gasteiger partial charge in [0, 0.05) is 23.3 Å². The van der Waals surface area contributed by atoms with Crippen molar-refractivity contribution in [1.29, 1.82) is 5.26 Å². The molecule has 3 aromatic heterocycles. The molecule has 0 saturated carbocycles. The van der Waals surface area contributed by atoms with Gasteiger partial charge in [-0.3, -0.25) is 14.7 Å². The van der Waals surface area contributed by atoms with E-state index in [1.165, 1.54) is 11.3 Å². The number of furan rings is 1. The van der Waals surface area contributed by atoms with E-state index in [1.807, 2.05) is 42.6 Å². The second-order valence-electron chi connectivity index (χ2n) is 6.61. The Labute approximate surface area is 177 Å². The van der Waals surface area contributed by atoms with Gasteiger partial charge in [-0.1, -0.05) is 11.6 Å². The molecule has 0 radical (unpaired) electrons. The Morgan fingerprint density at radius 1 is 1.30 bits per heavy atom. The topological polar surface area (TPSA) is 93.1 Å². The molecule has 4 rings (SSSR count). The lowest BCUT2D eigenvalue weighted by molar-refractivity contribution is 0.102. The van der Waals surface area contributed by atoms with Crippen LogP contribution in [0.3, 0.4) is 0 Å². The average Bonchev–Trinajstić information content (AvgIpc) is 3.47. The standard InChI is InChI=1S/C22H18N4O3S/c1-13-6-7-18(28-3)15(10-13)17-12-30-22(24-17)25-20(27)19-14(2)29-21(16(19)11-23)26-8-4-5-9-26/h4-10,12H,1-3H3,(H,24,25,27). The molecule has 0 aliphatic heterocycles. The lowest BCUT2D eigenvalue weighted by Gasteiger charge is -2.07. The second kappa shape index (κ2) is 7.89. The number of aromatic nitrogens is 2. The predicted molar refractivity (Wildman–Crippen MR) is 114 cm³/mol. The number of methoxy groups -OCH3 is 1. The minimum Gasteiger partial charge on any atom is -0.496 e. The van der Waals surface area contributed by atoms with Crippen LogP contribution < -0.4 is 10.1 Å². The first-order valence-electron chi connectivity index (χ1n) is 9.10. The summed E-state index contributed by atoms with van der Waals surface area (Å²) in [7, 11) is 1.61. The Kier molecular flexibility index (Phi) is 5.12. The number of hydrogen-bond acceptors (Lipinski definition) is 6. The van der Waals surface area contributed by atoms with Gasteiger partial charge in [0.05, 0.1) is 12.8 Å². The molecule has 0 aliphatic carbocycles. The van der Waals surface area contributed by atoms with Gasteiger partial charge < -0.3 is 9.15 Å². The zero-order valence-electron chi connectivity index (χ0n) is 16.6. The summed E-state index contributed by atoms with van der Waals surface area (Å²) in [6.45, 7) is 3.65. The zero-order valence-corrected chi connectivity index (χ0v) is 17.4. The van der Waals surface area contributed by atoms with Crippen molar-refractivity contribution >= 4 is 22.4 Å². The third kappa shape index (κ3) is 3.47. The van der Waals surface area contributed by atoms with Crippen LogP contribution in [0.1, 0.15) is 27.2 Å².